The zero-order valence-electron chi connectivity index (χ0n) is 18.0. The van der Waals surface area contributed by atoms with Crippen molar-refractivity contribution >= 4 is 27.5 Å². The molecule has 0 spiro atoms. The first kappa shape index (κ1) is 23.2. The molecule has 2 N–H and O–H groups in total. The van der Waals surface area contributed by atoms with E-state index in [1.165, 1.54) is 18.2 Å². The lowest BCUT2D eigenvalue weighted by atomic mass is 10.0. The third kappa shape index (κ3) is 5.31. The van der Waals surface area contributed by atoms with Crippen molar-refractivity contribution in [3.05, 3.63) is 40.5 Å². The highest BCUT2D eigenvalue weighted by Crippen LogP contribution is 2.38. The van der Waals surface area contributed by atoms with Gasteiger partial charge in [-0.3, -0.25) is 4.79 Å². The predicted octanol–water partition coefficient (Wildman–Crippen LogP) is 3.18. The molecule has 32 heavy (non-hydrogen) atoms. The predicted molar refractivity (Wildman–Crippen MR) is 117 cm³/mol. The van der Waals surface area contributed by atoms with E-state index in [4.69, 9.17) is 20.9 Å². The summed E-state index contributed by atoms with van der Waals surface area (Å²) < 4.78 is 39.0. The molecular formula is C21H27ClN4O5S. The van der Waals surface area contributed by atoms with Crippen LogP contribution in [0.3, 0.4) is 0 Å². The van der Waals surface area contributed by atoms with Crippen LogP contribution >= 0.6 is 11.6 Å². The number of hydrogen-bond acceptors (Lipinski definition) is 7. The molecule has 2 heterocycles. The molecule has 2 atom stereocenters. The van der Waals surface area contributed by atoms with Gasteiger partial charge in [0.15, 0.2) is 5.82 Å². The zero-order chi connectivity index (χ0) is 22.9. The maximum atomic E-state index is 13.0. The van der Waals surface area contributed by atoms with Gasteiger partial charge in [-0.1, -0.05) is 30.6 Å². The van der Waals surface area contributed by atoms with Crippen molar-refractivity contribution in [3.63, 3.8) is 0 Å². The van der Waals surface area contributed by atoms with E-state index < -0.39 is 22.0 Å². The highest BCUT2D eigenvalue weighted by molar-refractivity contribution is 7.89. The Labute approximate surface area is 192 Å². The molecule has 2 fully saturated rings. The number of ether oxygens (including phenoxy) is 1. The molecule has 1 saturated carbocycles. The molecule has 1 saturated heterocycles. The summed E-state index contributed by atoms with van der Waals surface area (Å²) in [5.74, 6) is 0.867. The summed E-state index contributed by atoms with van der Waals surface area (Å²) in [6, 6.07) is 3.66. The van der Waals surface area contributed by atoms with E-state index in [0.29, 0.717) is 24.2 Å². The monoisotopic (exact) mass is 482 g/mol. The highest BCUT2D eigenvalue weighted by atomic mass is 35.5. The van der Waals surface area contributed by atoms with Gasteiger partial charge >= 0.3 is 0 Å². The average Bonchev–Trinajstić information content (AvgIpc) is 3.25. The van der Waals surface area contributed by atoms with Crippen molar-refractivity contribution in [3.8, 4) is 0 Å². The van der Waals surface area contributed by atoms with E-state index in [-0.39, 0.29) is 34.0 Å². The molecule has 2 unspecified atom stereocenters. The molecule has 0 radical (unpaired) electrons. The number of carbonyl (C=O) groups excluding carboxylic acids is 1. The van der Waals surface area contributed by atoms with Crippen LogP contribution in [0.4, 0.5) is 0 Å². The molecule has 1 aliphatic carbocycles. The minimum atomic E-state index is -3.91. The quantitative estimate of drug-likeness (QED) is 0.562. The zero-order valence-corrected chi connectivity index (χ0v) is 19.6. The van der Waals surface area contributed by atoms with Crippen LogP contribution in [0.25, 0.3) is 0 Å². The van der Waals surface area contributed by atoms with Gasteiger partial charge in [-0.05, 0) is 49.8 Å². The van der Waals surface area contributed by atoms with Crippen LogP contribution in [0.5, 0.6) is 0 Å². The van der Waals surface area contributed by atoms with Crippen LogP contribution in [-0.2, 0) is 14.8 Å². The molecule has 2 aliphatic rings. The maximum absolute atomic E-state index is 13.0. The second-order valence-corrected chi connectivity index (χ2v) is 10.7. The van der Waals surface area contributed by atoms with Crippen LogP contribution in [0.15, 0.2) is 27.6 Å². The van der Waals surface area contributed by atoms with E-state index >= 15 is 0 Å². The van der Waals surface area contributed by atoms with E-state index in [9.17, 15) is 13.2 Å². The van der Waals surface area contributed by atoms with Gasteiger partial charge < -0.3 is 14.6 Å². The average molecular weight is 483 g/mol. The third-order valence-electron chi connectivity index (χ3n) is 5.63. The Kier molecular flexibility index (Phi) is 6.85. The minimum absolute atomic E-state index is 0.0185. The lowest BCUT2D eigenvalue weighted by Gasteiger charge is -2.19. The van der Waals surface area contributed by atoms with E-state index in [0.717, 1.165) is 25.7 Å². The number of halogens is 1. The molecule has 1 aromatic carbocycles. The Hall–Kier alpha value is -2.01. The van der Waals surface area contributed by atoms with Crippen LogP contribution in [-0.4, -0.2) is 43.7 Å². The molecule has 4 rings (SSSR count). The Balaban J connectivity index is 1.49. The molecule has 2 aromatic rings. The summed E-state index contributed by atoms with van der Waals surface area (Å²) in [6.07, 6.45) is 3.63. The first-order valence-corrected chi connectivity index (χ1v) is 12.7. The molecule has 1 amide bonds. The van der Waals surface area contributed by atoms with Gasteiger partial charge in [0.2, 0.25) is 15.9 Å². The Morgan fingerprint density at radius 1 is 1.28 bits per heavy atom. The fourth-order valence-electron chi connectivity index (χ4n) is 3.56. The number of hydrogen-bond donors (Lipinski definition) is 2. The minimum Gasteiger partial charge on any atom is -0.377 e. The number of carbonyl (C=O) groups is 1. The number of amides is 1. The largest absolute Gasteiger partial charge is 0.377 e. The van der Waals surface area contributed by atoms with Gasteiger partial charge in [-0.15, -0.1) is 0 Å². The topological polar surface area (TPSA) is 123 Å². The lowest BCUT2D eigenvalue weighted by molar-refractivity contribution is 0.0913. The number of sulfonamides is 1. The molecule has 1 aliphatic heterocycles. The van der Waals surface area contributed by atoms with Gasteiger partial charge in [0.25, 0.3) is 5.91 Å². The summed E-state index contributed by atoms with van der Waals surface area (Å²) in [5, 5.41) is 6.94. The Morgan fingerprint density at radius 2 is 2.06 bits per heavy atom. The van der Waals surface area contributed by atoms with E-state index in [2.05, 4.69) is 20.2 Å². The summed E-state index contributed by atoms with van der Waals surface area (Å²) in [7, 11) is -3.91. The second kappa shape index (κ2) is 9.46. The van der Waals surface area contributed by atoms with Crippen LogP contribution < -0.4 is 10.0 Å². The van der Waals surface area contributed by atoms with Gasteiger partial charge in [0.1, 0.15) is 10.9 Å². The summed E-state index contributed by atoms with van der Waals surface area (Å²) in [4.78, 5) is 17.3. The number of aromatic nitrogens is 2. The van der Waals surface area contributed by atoms with Crippen molar-refractivity contribution in [2.75, 3.05) is 13.2 Å². The fraction of sp³-hybridized carbons (Fsp3) is 0.571. The van der Waals surface area contributed by atoms with Gasteiger partial charge in [-0.2, -0.15) is 4.98 Å². The van der Waals surface area contributed by atoms with Crippen molar-refractivity contribution in [1.82, 2.24) is 20.2 Å². The molecule has 174 valence electrons. The molecule has 1 aromatic heterocycles. The second-order valence-electron chi connectivity index (χ2n) is 8.59. The molecule has 9 nitrogen and oxygen atoms in total. The van der Waals surface area contributed by atoms with Crippen LogP contribution in [0.1, 0.15) is 73.6 Å². The van der Waals surface area contributed by atoms with Crippen molar-refractivity contribution in [1.29, 1.82) is 0 Å². The smallest absolute Gasteiger partial charge is 0.251 e. The molecule has 0 bridgehead atoms. The van der Waals surface area contributed by atoms with Gasteiger partial charge in [-0.25, -0.2) is 13.1 Å². The van der Waals surface area contributed by atoms with Crippen molar-refractivity contribution in [2.24, 2.45) is 5.92 Å². The Bertz CT molecular complexity index is 1080. The summed E-state index contributed by atoms with van der Waals surface area (Å²) >= 11 is 6.16. The van der Waals surface area contributed by atoms with Crippen molar-refractivity contribution in [2.45, 2.75) is 62.5 Å². The Morgan fingerprint density at radius 3 is 2.72 bits per heavy atom. The van der Waals surface area contributed by atoms with Crippen LogP contribution in [0, 0.1) is 5.92 Å². The maximum Gasteiger partial charge on any atom is 0.251 e. The fourth-order valence-corrected chi connectivity index (χ4v) is 5.15. The molecule has 11 heteroatoms. The summed E-state index contributed by atoms with van der Waals surface area (Å²) in [6.45, 7) is 4.64. The highest BCUT2D eigenvalue weighted by Gasteiger charge is 2.32. The first-order valence-electron chi connectivity index (χ1n) is 10.8. The third-order valence-corrected chi connectivity index (χ3v) is 7.53. The van der Waals surface area contributed by atoms with Gasteiger partial charge in [0.05, 0.1) is 11.1 Å². The normalized spacial score (nSPS) is 19.9. The number of nitrogens with one attached hydrogen (secondary N) is 2. The number of rotatable bonds is 9. The van der Waals surface area contributed by atoms with Crippen LogP contribution in [0.2, 0.25) is 5.02 Å². The molecular weight excluding hydrogens is 456 g/mol. The lowest BCUT2D eigenvalue weighted by Crippen LogP contribution is -2.33. The van der Waals surface area contributed by atoms with Gasteiger partial charge in [0, 0.05) is 24.6 Å². The number of nitrogens with zero attached hydrogens (tertiary/aromatic N) is 2. The van der Waals surface area contributed by atoms with E-state index in [1.54, 1.807) is 0 Å². The number of benzene rings is 1. The summed E-state index contributed by atoms with van der Waals surface area (Å²) in [5.41, 5.74) is 0.166. The van der Waals surface area contributed by atoms with E-state index in [1.807, 2.05) is 13.8 Å². The first-order chi connectivity index (χ1) is 15.2. The standard InChI is InChI=1S/C21H27ClN4O5S/c1-12(2)18(21-25-19(26-31-21)13-5-6-13)24-20(27)14-7-8-16(22)17(10-14)32(28,29)23-11-15-4-3-9-30-15/h7-8,10,12-13,15,18,23H,3-6,9,11H2,1-2H3,(H,24,27). The SMILES string of the molecule is CC(C)C(NC(=O)c1ccc(Cl)c(S(=O)(=O)NCC2CCCO2)c1)c1nc(C2CC2)no1. The van der Waals surface area contributed by atoms with Crippen molar-refractivity contribution < 1.29 is 22.5 Å².